The van der Waals surface area contributed by atoms with E-state index in [0.717, 1.165) is 5.56 Å². The summed E-state index contributed by atoms with van der Waals surface area (Å²) >= 11 is 0. The Morgan fingerprint density at radius 1 is 0.892 bits per heavy atom. The Labute approximate surface area is 215 Å². The van der Waals surface area contributed by atoms with Gasteiger partial charge in [0.15, 0.2) is 0 Å². The minimum atomic E-state index is -4.02. The first-order chi connectivity index (χ1) is 17.6. The fourth-order valence-corrected chi connectivity index (χ4v) is 3.99. The van der Waals surface area contributed by atoms with Gasteiger partial charge in [0, 0.05) is 12.5 Å². The summed E-state index contributed by atoms with van der Waals surface area (Å²) in [6.45, 7) is 3.12. The topological polar surface area (TPSA) is 128 Å². The standard InChI is InChI=1S/C27H26N2O7S/c1-19-8-14-24(15-9-19)37(33,34)36-23-12-10-21(11-13-23)18-25(27(32)28-16-17-35-20(2)30)29-26(31)22-6-4-3-5-7-22/h3-15,18H,16-17H2,1-2H3,(H,28,32)(H,29,31). The molecule has 0 aromatic heterocycles. The van der Waals surface area contributed by atoms with Crippen molar-refractivity contribution in [3.63, 3.8) is 0 Å². The number of hydrogen-bond acceptors (Lipinski definition) is 7. The third-order valence-corrected chi connectivity index (χ3v) is 6.19. The van der Waals surface area contributed by atoms with Crippen LogP contribution in [0.4, 0.5) is 0 Å². The van der Waals surface area contributed by atoms with E-state index in [0.29, 0.717) is 11.1 Å². The van der Waals surface area contributed by atoms with Crippen molar-refractivity contribution in [3.05, 3.63) is 101 Å². The van der Waals surface area contributed by atoms with Gasteiger partial charge in [-0.3, -0.25) is 14.4 Å². The third kappa shape index (κ3) is 8.32. The van der Waals surface area contributed by atoms with Crippen LogP contribution in [0, 0.1) is 6.92 Å². The van der Waals surface area contributed by atoms with Gasteiger partial charge >= 0.3 is 16.1 Å². The van der Waals surface area contributed by atoms with Gasteiger partial charge in [0.05, 0.1) is 6.54 Å². The molecule has 192 valence electrons. The molecule has 37 heavy (non-hydrogen) atoms. The molecule has 0 bridgehead atoms. The lowest BCUT2D eigenvalue weighted by atomic mass is 10.1. The molecule has 0 heterocycles. The summed E-state index contributed by atoms with van der Waals surface area (Å²) in [5, 5.41) is 5.16. The fourth-order valence-electron chi connectivity index (χ4n) is 3.06. The van der Waals surface area contributed by atoms with Gasteiger partial charge in [0.2, 0.25) is 0 Å². The van der Waals surface area contributed by atoms with E-state index < -0.39 is 27.9 Å². The largest absolute Gasteiger partial charge is 0.464 e. The highest BCUT2D eigenvalue weighted by atomic mass is 32.2. The molecule has 2 amide bonds. The number of amides is 2. The molecule has 0 aliphatic rings. The second kappa shape index (κ2) is 12.5. The maximum absolute atomic E-state index is 12.8. The van der Waals surface area contributed by atoms with E-state index >= 15 is 0 Å². The van der Waals surface area contributed by atoms with Crippen LogP contribution in [0.3, 0.4) is 0 Å². The minimum absolute atomic E-state index is 0.0253. The number of benzene rings is 3. The second-order valence-corrected chi connectivity index (χ2v) is 9.44. The van der Waals surface area contributed by atoms with Crippen molar-refractivity contribution in [3.8, 4) is 5.75 Å². The van der Waals surface area contributed by atoms with E-state index in [1.165, 1.54) is 37.3 Å². The van der Waals surface area contributed by atoms with E-state index in [1.807, 2.05) is 6.92 Å². The molecule has 9 nitrogen and oxygen atoms in total. The first kappa shape index (κ1) is 27.2. The number of carbonyl (C=O) groups is 3. The quantitative estimate of drug-likeness (QED) is 0.181. The number of carbonyl (C=O) groups excluding carboxylic acids is 3. The zero-order chi connectivity index (χ0) is 26.8. The predicted molar refractivity (Wildman–Crippen MR) is 137 cm³/mol. The Kier molecular flexibility index (Phi) is 9.17. The lowest BCUT2D eigenvalue weighted by Crippen LogP contribution is -2.36. The van der Waals surface area contributed by atoms with Crippen molar-refractivity contribution in [2.45, 2.75) is 18.7 Å². The van der Waals surface area contributed by atoms with Crippen molar-refractivity contribution in [1.82, 2.24) is 10.6 Å². The molecule has 0 aliphatic carbocycles. The maximum Gasteiger partial charge on any atom is 0.339 e. The first-order valence-electron chi connectivity index (χ1n) is 11.2. The number of rotatable bonds is 10. The molecule has 3 rings (SSSR count). The van der Waals surface area contributed by atoms with Gasteiger partial charge in [-0.2, -0.15) is 8.42 Å². The molecule has 0 atom stereocenters. The number of nitrogens with one attached hydrogen (secondary N) is 2. The lowest BCUT2D eigenvalue weighted by molar-refractivity contribution is -0.141. The van der Waals surface area contributed by atoms with E-state index in [9.17, 15) is 22.8 Å². The molecular formula is C27H26N2O7S. The molecule has 0 spiro atoms. The summed E-state index contributed by atoms with van der Waals surface area (Å²) in [7, 11) is -4.02. The van der Waals surface area contributed by atoms with Gasteiger partial charge in [0.1, 0.15) is 22.9 Å². The molecule has 10 heteroatoms. The molecule has 2 N–H and O–H groups in total. The smallest absolute Gasteiger partial charge is 0.339 e. The lowest BCUT2D eigenvalue weighted by Gasteiger charge is -2.12. The summed E-state index contributed by atoms with van der Waals surface area (Å²) < 4.78 is 35.1. The van der Waals surface area contributed by atoms with Crippen LogP contribution in [0.1, 0.15) is 28.4 Å². The molecule has 3 aromatic rings. The van der Waals surface area contributed by atoms with Crippen LogP contribution < -0.4 is 14.8 Å². The Morgan fingerprint density at radius 3 is 2.16 bits per heavy atom. The fraction of sp³-hybridized carbons (Fsp3) is 0.148. The van der Waals surface area contributed by atoms with Crippen LogP contribution in [0.2, 0.25) is 0 Å². The Balaban J connectivity index is 1.77. The molecule has 0 saturated carbocycles. The minimum Gasteiger partial charge on any atom is -0.464 e. The highest BCUT2D eigenvalue weighted by Gasteiger charge is 2.17. The Hall–Kier alpha value is -4.44. The number of aryl methyl sites for hydroxylation is 1. The zero-order valence-corrected chi connectivity index (χ0v) is 21.1. The van der Waals surface area contributed by atoms with E-state index in [-0.39, 0.29) is 29.5 Å². The van der Waals surface area contributed by atoms with Crippen LogP contribution in [-0.2, 0) is 24.4 Å². The van der Waals surface area contributed by atoms with E-state index in [4.69, 9.17) is 8.92 Å². The van der Waals surface area contributed by atoms with Crippen molar-refractivity contribution < 1.29 is 31.7 Å². The van der Waals surface area contributed by atoms with Gasteiger partial charge in [-0.15, -0.1) is 0 Å². The summed E-state index contributed by atoms with van der Waals surface area (Å²) in [6.07, 6.45) is 1.43. The van der Waals surface area contributed by atoms with Crippen molar-refractivity contribution >= 4 is 34.0 Å². The monoisotopic (exact) mass is 522 g/mol. The molecule has 0 unspecified atom stereocenters. The molecule has 0 saturated heterocycles. The van der Waals surface area contributed by atoms with Crippen LogP contribution in [-0.4, -0.2) is 39.4 Å². The summed E-state index contributed by atoms with van der Waals surface area (Å²) in [5.74, 6) is -1.49. The third-order valence-electron chi connectivity index (χ3n) is 4.93. The molecule has 0 aliphatic heterocycles. The summed E-state index contributed by atoms with van der Waals surface area (Å²) in [6, 6.07) is 20.6. The van der Waals surface area contributed by atoms with Crippen LogP contribution in [0.5, 0.6) is 5.75 Å². The molecule has 3 aromatic carbocycles. The number of esters is 1. The average Bonchev–Trinajstić information content (AvgIpc) is 2.87. The summed E-state index contributed by atoms with van der Waals surface area (Å²) in [4.78, 5) is 36.4. The van der Waals surface area contributed by atoms with Gasteiger partial charge < -0.3 is 19.6 Å². The van der Waals surface area contributed by atoms with Gasteiger partial charge in [-0.05, 0) is 55.0 Å². The van der Waals surface area contributed by atoms with Gasteiger partial charge in [0.25, 0.3) is 11.8 Å². The van der Waals surface area contributed by atoms with Crippen molar-refractivity contribution in [1.29, 1.82) is 0 Å². The normalized spacial score (nSPS) is 11.4. The highest BCUT2D eigenvalue weighted by molar-refractivity contribution is 7.87. The van der Waals surface area contributed by atoms with Crippen LogP contribution >= 0.6 is 0 Å². The van der Waals surface area contributed by atoms with Crippen LogP contribution in [0.15, 0.2) is 89.5 Å². The van der Waals surface area contributed by atoms with E-state index in [2.05, 4.69) is 10.6 Å². The zero-order valence-electron chi connectivity index (χ0n) is 20.3. The first-order valence-corrected chi connectivity index (χ1v) is 12.7. The summed E-state index contributed by atoms with van der Waals surface area (Å²) in [5.41, 5.74) is 1.71. The number of hydrogen-bond donors (Lipinski definition) is 2. The molecule has 0 radical (unpaired) electrons. The number of ether oxygens (including phenoxy) is 1. The second-order valence-electron chi connectivity index (χ2n) is 7.89. The average molecular weight is 523 g/mol. The van der Waals surface area contributed by atoms with Crippen LogP contribution in [0.25, 0.3) is 6.08 Å². The Morgan fingerprint density at radius 2 is 1.54 bits per heavy atom. The Bertz CT molecular complexity index is 1380. The van der Waals surface area contributed by atoms with E-state index in [1.54, 1.807) is 54.6 Å². The van der Waals surface area contributed by atoms with Gasteiger partial charge in [-0.1, -0.05) is 48.0 Å². The van der Waals surface area contributed by atoms with Crippen molar-refractivity contribution in [2.75, 3.05) is 13.2 Å². The highest BCUT2D eigenvalue weighted by Crippen LogP contribution is 2.20. The van der Waals surface area contributed by atoms with Gasteiger partial charge in [-0.25, -0.2) is 0 Å². The molecule has 0 fully saturated rings. The SMILES string of the molecule is CC(=O)OCCNC(=O)C(=Cc1ccc(OS(=O)(=O)c2ccc(C)cc2)cc1)NC(=O)c1ccccc1. The van der Waals surface area contributed by atoms with Crippen molar-refractivity contribution in [2.24, 2.45) is 0 Å². The molecular weight excluding hydrogens is 496 g/mol. The predicted octanol–water partition coefficient (Wildman–Crippen LogP) is 3.21. The maximum atomic E-state index is 12.8.